The number of Topliss-reactive ketones (excluding diaryl/α,β-unsaturated/α-hetero) is 1. The summed E-state index contributed by atoms with van der Waals surface area (Å²) in [6.07, 6.45) is 9.82. The number of imidazole rings is 1. The summed E-state index contributed by atoms with van der Waals surface area (Å²) >= 11 is 6.06. The molecule has 2 aromatic rings. The fourth-order valence-electron chi connectivity index (χ4n) is 3.79. The number of pyridine rings is 1. The summed E-state index contributed by atoms with van der Waals surface area (Å²) < 4.78 is 2.06. The molecule has 114 valence electrons. The van der Waals surface area contributed by atoms with E-state index in [1.807, 2.05) is 12.3 Å². The van der Waals surface area contributed by atoms with E-state index in [4.69, 9.17) is 11.6 Å². The topological polar surface area (TPSA) is 47.8 Å². The van der Waals surface area contributed by atoms with Gasteiger partial charge in [-0.05, 0) is 25.0 Å². The summed E-state index contributed by atoms with van der Waals surface area (Å²) in [6, 6.07) is 3.72. The largest absolute Gasteiger partial charge is 0.321 e. The van der Waals surface area contributed by atoms with Gasteiger partial charge in [0.15, 0.2) is 0 Å². The zero-order valence-corrected chi connectivity index (χ0v) is 13.1. The maximum Gasteiger partial charge on any atom is 0.138 e. The number of halogens is 1. The van der Waals surface area contributed by atoms with Gasteiger partial charge in [0.2, 0.25) is 0 Å². The van der Waals surface area contributed by atoms with Crippen molar-refractivity contribution < 1.29 is 4.79 Å². The molecule has 0 saturated heterocycles. The van der Waals surface area contributed by atoms with Gasteiger partial charge in [0.1, 0.15) is 10.9 Å². The first-order chi connectivity index (χ1) is 10.7. The van der Waals surface area contributed by atoms with Crippen molar-refractivity contribution in [3.63, 3.8) is 0 Å². The van der Waals surface area contributed by atoms with Crippen LogP contribution < -0.4 is 0 Å². The minimum atomic E-state index is -0.0550. The number of carbonyl (C=O) groups excluding carboxylic acids is 1. The summed E-state index contributed by atoms with van der Waals surface area (Å²) in [6.45, 7) is 0. The summed E-state index contributed by atoms with van der Waals surface area (Å²) in [4.78, 5) is 21.4. The number of hydrogen-bond donors (Lipinski definition) is 0. The van der Waals surface area contributed by atoms with Crippen LogP contribution in [0.25, 0.3) is 11.3 Å². The summed E-state index contributed by atoms with van der Waals surface area (Å²) in [5, 5.41) is 0.479. The van der Waals surface area contributed by atoms with Crippen molar-refractivity contribution >= 4 is 17.4 Å². The van der Waals surface area contributed by atoms with E-state index in [2.05, 4.69) is 14.5 Å². The highest BCUT2D eigenvalue weighted by molar-refractivity contribution is 6.29. The average Bonchev–Trinajstić information content (AvgIpc) is 3.11. The van der Waals surface area contributed by atoms with E-state index in [1.165, 1.54) is 19.3 Å². The molecule has 0 bridgehead atoms. The van der Waals surface area contributed by atoms with Crippen molar-refractivity contribution in [2.75, 3.05) is 0 Å². The first kappa shape index (κ1) is 13.9. The SMILES string of the molecule is O=C(CC1c2nc(Cl)ccc2-c2cncn21)C1CCCCC1. The van der Waals surface area contributed by atoms with Gasteiger partial charge < -0.3 is 4.57 Å². The maximum atomic E-state index is 12.7. The summed E-state index contributed by atoms with van der Waals surface area (Å²) in [5.74, 6) is 0.586. The maximum absolute atomic E-state index is 12.7. The highest BCUT2D eigenvalue weighted by Gasteiger charge is 2.33. The smallest absolute Gasteiger partial charge is 0.138 e. The predicted octanol–water partition coefficient (Wildman–Crippen LogP) is 4.04. The Bertz CT molecular complexity index is 718. The van der Waals surface area contributed by atoms with Crippen LogP contribution in [0.3, 0.4) is 0 Å². The molecule has 0 radical (unpaired) electrons. The van der Waals surface area contributed by atoms with E-state index in [0.717, 1.165) is 29.8 Å². The van der Waals surface area contributed by atoms with Crippen LogP contribution in [0, 0.1) is 5.92 Å². The van der Waals surface area contributed by atoms with Gasteiger partial charge in [-0.15, -0.1) is 0 Å². The molecule has 1 unspecified atom stereocenters. The van der Waals surface area contributed by atoms with Crippen molar-refractivity contribution in [2.24, 2.45) is 5.92 Å². The van der Waals surface area contributed by atoms with Gasteiger partial charge >= 0.3 is 0 Å². The van der Waals surface area contributed by atoms with Crippen LogP contribution in [-0.4, -0.2) is 20.3 Å². The van der Waals surface area contributed by atoms with Crippen LogP contribution in [0.2, 0.25) is 5.15 Å². The van der Waals surface area contributed by atoms with Gasteiger partial charge in [-0.1, -0.05) is 30.9 Å². The molecule has 1 aliphatic heterocycles. The van der Waals surface area contributed by atoms with E-state index in [1.54, 1.807) is 12.4 Å². The van der Waals surface area contributed by atoms with E-state index in [9.17, 15) is 4.79 Å². The molecule has 5 heteroatoms. The number of fused-ring (bicyclic) bond motifs is 3. The number of aromatic nitrogens is 3. The van der Waals surface area contributed by atoms with Gasteiger partial charge in [-0.25, -0.2) is 9.97 Å². The van der Waals surface area contributed by atoms with E-state index < -0.39 is 0 Å². The van der Waals surface area contributed by atoms with Gasteiger partial charge in [0.25, 0.3) is 0 Å². The lowest BCUT2D eigenvalue weighted by Gasteiger charge is -2.22. The van der Waals surface area contributed by atoms with Crippen LogP contribution in [0.4, 0.5) is 0 Å². The van der Waals surface area contributed by atoms with Crippen LogP contribution >= 0.6 is 11.6 Å². The first-order valence-corrected chi connectivity index (χ1v) is 8.33. The molecule has 2 aliphatic rings. The minimum Gasteiger partial charge on any atom is -0.321 e. The Hall–Kier alpha value is -1.68. The average molecular weight is 316 g/mol. The molecular weight excluding hydrogens is 298 g/mol. The molecule has 0 aromatic carbocycles. The van der Waals surface area contributed by atoms with Gasteiger partial charge in [-0.2, -0.15) is 0 Å². The van der Waals surface area contributed by atoms with Crippen molar-refractivity contribution in [1.29, 1.82) is 0 Å². The highest BCUT2D eigenvalue weighted by Crippen LogP contribution is 2.41. The number of carbonyl (C=O) groups is 1. The Kier molecular flexibility index (Phi) is 3.49. The number of hydrogen-bond acceptors (Lipinski definition) is 3. The van der Waals surface area contributed by atoms with Crippen LogP contribution in [0.1, 0.15) is 50.3 Å². The third-order valence-electron chi connectivity index (χ3n) is 4.94. The fraction of sp³-hybridized carbons (Fsp3) is 0.471. The molecule has 0 spiro atoms. The molecule has 4 nitrogen and oxygen atoms in total. The fourth-order valence-corrected chi connectivity index (χ4v) is 3.94. The molecule has 4 rings (SSSR count). The van der Waals surface area contributed by atoms with E-state index in [-0.39, 0.29) is 12.0 Å². The van der Waals surface area contributed by atoms with E-state index >= 15 is 0 Å². The molecule has 1 fully saturated rings. The Morgan fingerprint density at radius 1 is 1.27 bits per heavy atom. The van der Waals surface area contributed by atoms with Gasteiger partial charge in [0, 0.05) is 17.9 Å². The monoisotopic (exact) mass is 315 g/mol. The highest BCUT2D eigenvalue weighted by atomic mass is 35.5. The first-order valence-electron chi connectivity index (χ1n) is 7.95. The summed E-state index contributed by atoms with van der Waals surface area (Å²) in [7, 11) is 0. The lowest BCUT2D eigenvalue weighted by molar-refractivity contribution is -0.124. The standard InChI is InChI=1S/C17H18ClN3O/c18-16-7-6-12-14-9-19-10-21(14)13(17(12)20-16)8-15(22)11-4-2-1-3-5-11/h6-7,9-11,13H,1-5,8H2. The quantitative estimate of drug-likeness (QED) is 0.803. The number of ketones is 1. The third kappa shape index (κ3) is 2.26. The molecule has 1 atom stereocenters. The second kappa shape index (κ2) is 5.51. The Balaban J connectivity index is 1.64. The minimum absolute atomic E-state index is 0.0550. The zero-order chi connectivity index (χ0) is 15.1. The van der Waals surface area contributed by atoms with Crippen molar-refractivity contribution in [2.45, 2.75) is 44.6 Å². The Morgan fingerprint density at radius 3 is 2.91 bits per heavy atom. The van der Waals surface area contributed by atoms with E-state index in [0.29, 0.717) is 17.4 Å². The molecule has 0 amide bonds. The normalized spacial score (nSPS) is 20.7. The second-order valence-electron chi connectivity index (χ2n) is 6.27. The molecular formula is C17H18ClN3O. The van der Waals surface area contributed by atoms with Crippen molar-refractivity contribution in [3.8, 4) is 11.3 Å². The van der Waals surface area contributed by atoms with Crippen LogP contribution in [0.15, 0.2) is 24.7 Å². The predicted molar refractivity (Wildman–Crippen MR) is 84.8 cm³/mol. The van der Waals surface area contributed by atoms with Crippen molar-refractivity contribution in [1.82, 2.24) is 14.5 Å². The Labute approximate surface area is 134 Å². The number of nitrogens with zero attached hydrogens (tertiary/aromatic N) is 3. The second-order valence-corrected chi connectivity index (χ2v) is 6.66. The van der Waals surface area contributed by atoms with Crippen LogP contribution in [0.5, 0.6) is 0 Å². The lowest BCUT2D eigenvalue weighted by Crippen LogP contribution is -2.21. The zero-order valence-electron chi connectivity index (χ0n) is 12.3. The summed E-state index contributed by atoms with van der Waals surface area (Å²) in [5.41, 5.74) is 2.98. The number of rotatable bonds is 3. The van der Waals surface area contributed by atoms with Gasteiger partial charge in [-0.3, -0.25) is 4.79 Å². The lowest BCUT2D eigenvalue weighted by atomic mass is 9.84. The molecule has 22 heavy (non-hydrogen) atoms. The Morgan fingerprint density at radius 2 is 2.09 bits per heavy atom. The molecule has 1 saturated carbocycles. The van der Waals surface area contributed by atoms with Crippen LogP contribution in [-0.2, 0) is 4.79 Å². The molecule has 1 aliphatic carbocycles. The third-order valence-corrected chi connectivity index (χ3v) is 5.15. The van der Waals surface area contributed by atoms with Crippen molar-refractivity contribution in [3.05, 3.63) is 35.5 Å². The molecule has 0 N–H and O–H groups in total. The molecule has 2 aromatic heterocycles. The molecule has 3 heterocycles. The van der Waals surface area contributed by atoms with Gasteiger partial charge in [0.05, 0.1) is 30.0 Å².